The second-order valence-electron chi connectivity index (χ2n) is 6.90. The first-order valence-corrected chi connectivity index (χ1v) is 7.44. The number of carbonyl (C=O) groups excluding carboxylic acids is 2. The van der Waals surface area contributed by atoms with Crippen LogP contribution in [0.25, 0.3) is 0 Å². The van der Waals surface area contributed by atoms with E-state index in [1.807, 2.05) is 25.7 Å². The van der Waals surface area contributed by atoms with E-state index in [-0.39, 0.29) is 18.0 Å². The van der Waals surface area contributed by atoms with Crippen molar-refractivity contribution in [1.29, 1.82) is 0 Å². The Morgan fingerprint density at radius 3 is 2.25 bits per heavy atom. The lowest BCUT2D eigenvalue weighted by molar-refractivity contribution is -0.133. The van der Waals surface area contributed by atoms with Crippen molar-refractivity contribution >= 4 is 12.0 Å². The molecule has 1 aliphatic heterocycles. The average molecular weight is 284 g/mol. The van der Waals surface area contributed by atoms with E-state index in [9.17, 15) is 9.59 Å². The highest BCUT2D eigenvalue weighted by Gasteiger charge is 2.25. The zero-order valence-electron chi connectivity index (χ0n) is 13.4. The Bertz CT molecular complexity index is 340. The lowest BCUT2D eigenvalue weighted by Gasteiger charge is -2.33. The highest BCUT2D eigenvalue weighted by molar-refractivity contribution is 5.76. The molecule has 2 amide bonds. The van der Waals surface area contributed by atoms with Crippen LogP contribution < -0.4 is 5.32 Å². The summed E-state index contributed by atoms with van der Waals surface area (Å²) < 4.78 is 5.24. The van der Waals surface area contributed by atoms with Crippen molar-refractivity contribution in [2.75, 3.05) is 13.1 Å². The van der Waals surface area contributed by atoms with E-state index in [1.54, 1.807) is 0 Å². The number of carbonyl (C=O) groups is 2. The van der Waals surface area contributed by atoms with E-state index in [2.05, 4.69) is 19.2 Å². The first-order chi connectivity index (χ1) is 9.17. The fraction of sp³-hybridized carbons (Fsp3) is 0.867. The molecular formula is C15H28N2O3. The third-order valence-corrected chi connectivity index (χ3v) is 3.15. The summed E-state index contributed by atoms with van der Waals surface area (Å²) in [5.74, 6) is 0.607. The summed E-state index contributed by atoms with van der Waals surface area (Å²) in [5, 5.41) is 2.88. The summed E-state index contributed by atoms with van der Waals surface area (Å²) in [5.41, 5.74) is -0.474. The molecule has 5 nitrogen and oxygen atoms in total. The highest BCUT2D eigenvalue weighted by atomic mass is 16.6. The molecule has 5 heteroatoms. The summed E-state index contributed by atoms with van der Waals surface area (Å²) in [4.78, 5) is 25.5. The van der Waals surface area contributed by atoms with Gasteiger partial charge in [-0.3, -0.25) is 4.79 Å². The maximum atomic E-state index is 11.9. The number of hydrogen-bond donors (Lipinski definition) is 1. The minimum atomic E-state index is -0.474. The molecule has 0 aromatic heterocycles. The molecule has 1 saturated heterocycles. The van der Waals surface area contributed by atoms with Crippen LogP contribution in [0, 0.1) is 5.92 Å². The van der Waals surface area contributed by atoms with Gasteiger partial charge in [-0.25, -0.2) is 4.79 Å². The van der Waals surface area contributed by atoms with Gasteiger partial charge in [0.05, 0.1) is 0 Å². The van der Waals surface area contributed by atoms with Gasteiger partial charge in [-0.2, -0.15) is 0 Å². The number of alkyl carbamates (subject to hydrolysis) is 1. The van der Waals surface area contributed by atoms with Crippen LogP contribution in [0.4, 0.5) is 4.79 Å². The molecule has 1 heterocycles. The van der Waals surface area contributed by atoms with Crippen molar-refractivity contribution in [1.82, 2.24) is 10.2 Å². The van der Waals surface area contributed by atoms with E-state index in [0.29, 0.717) is 25.4 Å². The molecule has 1 fully saturated rings. The second-order valence-corrected chi connectivity index (χ2v) is 6.90. The smallest absolute Gasteiger partial charge is 0.407 e. The number of nitrogens with zero attached hydrogens (tertiary/aromatic N) is 1. The summed E-state index contributed by atoms with van der Waals surface area (Å²) >= 11 is 0. The van der Waals surface area contributed by atoms with E-state index in [0.717, 1.165) is 12.8 Å². The van der Waals surface area contributed by atoms with Crippen LogP contribution >= 0.6 is 0 Å². The van der Waals surface area contributed by atoms with Gasteiger partial charge in [-0.1, -0.05) is 13.8 Å². The fourth-order valence-electron chi connectivity index (χ4n) is 2.23. The van der Waals surface area contributed by atoms with Crippen molar-refractivity contribution in [3.8, 4) is 0 Å². The molecule has 0 atom stereocenters. The molecule has 0 aromatic rings. The van der Waals surface area contributed by atoms with Gasteiger partial charge in [0, 0.05) is 25.6 Å². The lowest BCUT2D eigenvalue weighted by atomic mass is 10.0. The van der Waals surface area contributed by atoms with E-state index < -0.39 is 5.60 Å². The molecule has 20 heavy (non-hydrogen) atoms. The van der Waals surface area contributed by atoms with Gasteiger partial charge >= 0.3 is 6.09 Å². The summed E-state index contributed by atoms with van der Waals surface area (Å²) in [6.45, 7) is 11.1. The zero-order chi connectivity index (χ0) is 15.3. The van der Waals surface area contributed by atoms with Crippen LogP contribution in [-0.4, -0.2) is 41.6 Å². The van der Waals surface area contributed by atoms with Crippen molar-refractivity contribution in [3.63, 3.8) is 0 Å². The molecule has 0 bridgehead atoms. The van der Waals surface area contributed by atoms with Crippen LogP contribution in [0.5, 0.6) is 0 Å². The SMILES string of the molecule is CC(C)CC(=O)N1CCC(NC(=O)OC(C)(C)C)CC1. The van der Waals surface area contributed by atoms with Gasteiger partial charge in [0.2, 0.25) is 5.91 Å². The number of rotatable bonds is 3. The van der Waals surface area contributed by atoms with E-state index in [4.69, 9.17) is 4.74 Å². The number of hydrogen-bond acceptors (Lipinski definition) is 3. The summed E-state index contributed by atoms with van der Waals surface area (Å²) in [6.07, 6.45) is 1.82. The van der Waals surface area contributed by atoms with Gasteiger partial charge in [-0.05, 0) is 39.5 Å². The van der Waals surface area contributed by atoms with Crippen LogP contribution in [0.2, 0.25) is 0 Å². The Hall–Kier alpha value is -1.26. The maximum absolute atomic E-state index is 11.9. The molecule has 0 saturated carbocycles. The largest absolute Gasteiger partial charge is 0.444 e. The molecule has 0 unspecified atom stereocenters. The highest BCUT2D eigenvalue weighted by Crippen LogP contribution is 2.14. The molecule has 0 spiro atoms. The Morgan fingerprint density at radius 2 is 1.80 bits per heavy atom. The predicted octanol–water partition coefficient (Wildman–Crippen LogP) is 2.55. The molecule has 0 aliphatic carbocycles. The Kier molecular flexibility index (Phi) is 5.84. The predicted molar refractivity (Wildman–Crippen MR) is 78.4 cm³/mol. The van der Waals surface area contributed by atoms with Crippen LogP contribution in [0.15, 0.2) is 0 Å². The monoisotopic (exact) mass is 284 g/mol. The minimum Gasteiger partial charge on any atom is -0.444 e. The molecule has 1 N–H and O–H groups in total. The Labute approximate surface area is 122 Å². The molecule has 0 radical (unpaired) electrons. The quantitative estimate of drug-likeness (QED) is 0.866. The third-order valence-electron chi connectivity index (χ3n) is 3.15. The van der Waals surface area contributed by atoms with Crippen molar-refractivity contribution < 1.29 is 14.3 Å². The summed E-state index contributed by atoms with van der Waals surface area (Å²) in [7, 11) is 0. The third kappa shape index (κ3) is 6.26. The average Bonchev–Trinajstić information content (AvgIpc) is 2.26. The van der Waals surface area contributed by atoms with Crippen LogP contribution in [0.1, 0.15) is 53.9 Å². The number of likely N-dealkylation sites (tertiary alicyclic amines) is 1. The Morgan fingerprint density at radius 1 is 1.25 bits per heavy atom. The topological polar surface area (TPSA) is 58.6 Å². The fourth-order valence-corrected chi connectivity index (χ4v) is 2.23. The van der Waals surface area contributed by atoms with Gasteiger partial charge in [0.1, 0.15) is 5.60 Å². The molecule has 0 aromatic carbocycles. The first-order valence-electron chi connectivity index (χ1n) is 7.44. The number of nitrogens with one attached hydrogen (secondary N) is 1. The number of ether oxygens (including phenoxy) is 1. The van der Waals surface area contributed by atoms with Crippen LogP contribution in [0.3, 0.4) is 0 Å². The maximum Gasteiger partial charge on any atom is 0.407 e. The molecular weight excluding hydrogens is 256 g/mol. The number of amides is 2. The van der Waals surface area contributed by atoms with Crippen LogP contribution in [-0.2, 0) is 9.53 Å². The van der Waals surface area contributed by atoms with Gasteiger partial charge in [0.25, 0.3) is 0 Å². The first kappa shape index (κ1) is 16.8. The standard InChI is InChI=1S/C15H28N2O3/c1-11(2)10-13(18)17-8-6-12(7-9-17)16-14(19)20-15(3,4)5/h11-12H,6-10H2,1-5H3,(H,16,19). The molecule has 1 rings (SSSR count). The molecule has 116 valence electrons. The summed E-state index contributed by atoms with van der Waals surface area (Å²) in [6, 6.07) is 0.105. The Balaban J connectivity index is 2.32. The van der Waals surface area contributed by atoms with E-state index >= 15 is 0 Å². The van der Waals surface area contributed by atoms with Crippen molar-refractivity contribution in [2.24, 2.45) is 5.92 Å². The van der Waals surface area contributed by atoms with Crippen molar-refractivity contribution in [3.05, 3.63) is 0 Å². The molecule has 1 aliphatic rings. The van der Waals surface area contributed by atoms with Gasteiger partial charge in [-0.15, -0.1) is 0 Å². The lowest BCUT2D eigenvalue weighted by Crippen LogP contribution is -2.47. The second kappa shape index (κ2) is 6.95. The van der Waals surface area contributed by atoms with Crippen molar-refractivity contribution in [2.45, 2.75) is 65.5 Å². The van der Waals surface area contributed by atoms with E-state index in [1.165, 1.54) is 0 Å². The normalized spacial score (nSPS) is 17.2. The minimum absolute atomic E-state index is 0.105. The van der Waals surface area contributed by atoms with Gasteiger partial charge in [0.15, 0.2) is 0 Å². The van der Waals surface area contributed by atoms with Gasteiger partial charge < -0.3 is 15.0 Å². The zero-order valence-corrected chi connectivity index (χ0v) is 13.4. The number of piperidine rings is 1.